The van der Waals surface area contributed by atoms with Gasteiger partial charge in [0.25, 0.3) is 0 Å². The Balaban J connectivity index is 2.63. The summed E-state index contributed by atoms with van der Waals surface area (Å²) in [5.41, 5.74) is 0.679. The van der Waals surface area contributed by atoms with Crippen molar-refractivity contribution < 1.29 is 14.3 Å². The van der Waals surface area contributed by atoms with E-state index in [1.165, 1.54) is 0 Å². The Kier molecular flexibility index (Phi) is 6.57. The van der Waals surface area contributed by atoms with E-state index in [0.29, 0.717) is 30.3 Å². The number of methoxy groups -OCH3 is 1. The molecular formula is C14H22N2O3. The van der Waals surface area contributed by atoms with Crippen molar-refractivity contribution in [2.75, 3.05) is 25.6 Å². The van der Waals surface area contributed by atoms with Gasteiger partial charge in [0.1, 0.15) is 0 Å². The molecule has 106 valence electrons. The molecule has 19 heavy (non-hydrogen) atoms. The number of urea groups is 1. The second kappa shape index (κ2) is 8.24. The summed E-state index contributed by atoms with van der Waals surface area (Å²) in [6.45, 7) is 5.20. The molecule has 0 saturated carbocycles. The molecule has 2 amide bonds. The van der Waals surface area contributed by atoms with Crippen LogP contribution in [0.5, 0.6) is 11.5 Å². The van der Waals surface area contributed by atoms with Gasteiger partial charge in [0, 0.05) is 18.3 Å². The predicted octanol–water partition coefficient (Wildman–Crippen LogP) is 3.02. The molecule has 0 spiro atoms. The molecule has 0 saturated heterocycles. The molecule has 2 N–H and O–H groups in total. The second-order valence-electron chi connectivity index (χ2n) is 4.03. The van der Waals surface area contributed by atoms with Crippen molar-refractivity contribution in [2.24, 2.45) is 0 Å². The Hall–Kier alpha value is -1.91. The summed E-state index contributed by atoms with van der Waals surface area (Å²) in [7, 11) is 1.59. The van der Waals surface area contributed by atoms with Crippen molar-refractivity contribution in [3.05, 3.63) is 18.2 Å². The van der Waals surface area contributed by atoms with E-state index in [1.54, 1.807) is 25.3 Å². The third-order valence-corrected chi connectivity index (χ3v) is 2.54. The number of benzene rings is 1. The van der Waals surface area contributed by atoms with Crippen LogP contribution in [0.1, 0.15) is 26.7 Å². The Labute approximate surface area is 114 Å². The Morgan fingerprint density at radius 2 is 2.05 bits per heavy atom. The third-order valence-electron chi connectivity index (χ3n) is 2.54. The zero-order valence-electron chi connectivity index (χ0n) is 11.8. The quantitative estimate of drug-likeness (QED) is 0.746. The van der Waals surface area contributed by atoms with E-state index in [9.17, 15) is 4.79 Å². The predicted molar refractivity (Wildman–Crippen MR) is 76.1 cm³/mol. The number of hydrogen-bond acceptors (Lipinski definition) is 3. The molecule has 5 nitrogen and oxygen atoms in total. The van der Waals surface area contributed by atoms with Gasteiger partial charge in [0.2, 0.25) is 0 Å². The highest BCUT2D eigenvalue weighted by Gasteiger charge is 2.07. The first-order valence-corrected chi connectivity index (χ1v) is 6.57. The molecule has 0 radical (unpaired) electrons. The van der Waals surface area contributed by atoms with E-state index in [4.69, 9.17) is 9.47 Å². The van der Waals surface area contributed by atoms with Crippen LogP contribution in [0.4, 0.5) is 10.5 Å². The molecule has 5 heteroatoms. The lowest BCUT2D eigenvalue weighted by atomic mass is 10.2. The molecule has 0 heterocycles. The zero-order chi connectivity index (χ0) is 14.1. The van der Waals surface area contributed by atoms with Gasteiger partial charge < -0.3 is 20.1 Å². The lowest BCUT2D eigenvalue weighted by Crippen LogP contribution is -2.29. The Morgan fingerprint density at radius 1 is 1.26 bits per heavy atom. The van der Waals surface area contributed by atoms with Crippen LogP contribution in [0.15, 0.2) is 18.2 Å². The SMILES string of the molecule is CCCCNC(=O)Nc1ccc(OC)c(OCC)c1. The number of rotatable bonds is 7. The standard InChI is InChI=1S/C14H22N2O3/c1-4-6-9-15-14(17)16-11-7-8-12(18-3)13(10-11)19-5-2/h7-8,10H,4-6,9H2,1-3H3,(H2,15,16,17). The van der Waals surface area contributed by atoms with Crippen molar-refractivity contribution in [1.82, 2.24) is 5.32 Å². The number of carbonyl (C=O) groups excluding carboxylic acids is 1. The van der Waals surface area contributed by atoms with Crippen LogP contribution in [0.3, 0.4) is 0 Å². The van der Waals surface area contributed by atoms with E-state index >= 15 is 0 Å². The van der Waals surface area contributed by atoms with E-state index in [-0.39, 0.29) is 6.03 Å². The topological polar surface area (TPSA) is 59.6 Å². The molecule has 0 aliphatic rings. The highest BCUT2D eigenvalue weighted by atomic mass is 16.5. The maximum absolute atomic E-state index is 11.6. The van der Waals surface area contributed by atoms with Crippen molar-refractivity contribution in [3.8, 4) is 11.5 Å². The minimum absolute atomic E-state index is 0.207. The van der Waals surface area contributed by atoms with Crippen molar-refractivity contribution in [2.45, 2.75) is 26.7 Å². The molecule has 0 aliphatic carbocycles. The van der Waals surface area contributed by atoms with Gasteiger partial charge in [-0.25, -0.2) is 4.79 Å². The van der Waals surface area contributed by atoms with Gasteiger partial charge in [-0.1, -0.05) is 13.3 Å². The maximum Gasteiger partial charge on any atom is 0.319 e. The molecule has 0 unspecified atom stereocenters. The summed E-state index contributed by atoms with van der Waals surface area (Å²) < 4.78 is 10.6. The summed E-state index contributed by atoms with van der Waals surface area (Å²) in [4.78, 5) is 11.6. The van der Waals surface area contributed by atoms with Crippen molar-refractivity contribution in [1.29, 1.82) is 0 Å². The summed E-state index contributed by atoms with van der Waals surface area (Å²) in [6.07, 6.45) is 2.03. The number of nitrogens with one attached hydrogen (secondary N) is 2. The smallest absolute Gasteiger partial charge is 0.319 e. The molecule has 0 aromatic heterocycles. The zero-order valence-corrected chi connectivity index (χ0v) is 11.8. The third kappa shape index (κ3) is 5.07. The summed E-state index contributed by atoms with van der Waals surface area (Å²) in [5.74, 6) is 1.27. The van der Waals surface area contributed by atoms with Crippen molar-refractivity contribution >= 4 is 11.7 Å². The average Bonchev–Trinajstić information content (AvgIpc) is 2.40. The number of carbonyl (C=O) groups is 1. The van der Waals surface area contributed by atoms with E-state index in [0.717, 1.165) is 12.8 Å². The van der Waals surface area contributed by atoms with Gasteiger partial charge >= 0.3 is 6.03 Å². The fourth-order valence-electron chi connectivity index (χ4n) is 1.58. The van der Waals surface area contributed by atoms with Gasteiger partial charge in [-0.2, -0.15) is 0 Å². The van der Waals surface area contributed by atoms with Crippen LogP contribution in [0.25, 0.3) is 0 Å². The largest absolute Gasteiger partial charge is 0.493 e. The highest BCUT2D eigenvalue weighted by molar-refractivity contribution is 5.89. The lowest BCUT2D eigenvalue weighted by molar-refractivity contribution is 0.252. The van der Waals surface area contributed by atoms with Gasteiger partial charge in [-0.3, -0.25) is 0 Å². The van der Waals surface area contributed by atoms with E-state index < -0.39 is 0 Å². The lowest BCUT2D eigenvalue weighted by Gasteiger charge is -2.12. The highest BCUT2D eigenvalue weighted by Crippen LogP contribution is 2.30. The first-order valence-electron chi connectivity index (χ1n) is 6.57. The van der Waals surface area contributed by atoms with Crippen LogP contribution in [0.2, 0.25) is 0 Å². The number of unbranched alkanes of at least 4 members (excludes halogenated alkanes) is 1. The van der Waals surface area contributed by atoms with Gasteiger partial charge in [-0.05, 0) is 25.5 Å². The summed E-state index contributed by atoms with van der Waals surface area (Å²) in [5, 5.41) is 5.56. The first kappa shape index (κ1) is 15.1. The first-order chi connectivity index (χ1) is 9.21. The fourth-order valence-corrected chi connectivity index (χ4v) is 1.58. The average molecular weight is 266 g/mol. The fraction of sp³-hybridized carbons (Fsp3) is 0.500. The Bertz CT molecular complexity index is 408. The van der Waals surface area contributed by atoms with Crippen LogP contribution >= 0.6 is 0 Å². The summed E-state index contributed by atoms with van der Waals surface area (Å²) >= 11 is 0. The van der Waals surface area contributed by atoms with Gasteiger partial charge in [0.15, 0.2) is 11.5 Å². The molecule has 1 aromatic carbocycles. The van der Waals surface area contributed by atoms with Crippen molar-refractivity contribution in [3.63, 3.8) is 0 Å². The maximum atomic E-state index is 11.6. The number of anilines is 1. The minimum Gasteiger partial charge on any atom is -0.493 e. The normalized spacial score (nSPS) is 9.84. The molecular weight excluding hydrogens is 244 g/mol. The van der Waals surface area contributed by atoms with Gasteiger partial charge in [-0.15, -0.1) is 0 Å². The molecule has 0 atom stereocenters. The van der Waals surface area contributed by atoms with Gasteiger partial charge in [0.05, 0.1) is 13.7 Å². The second-order valence-corrected chi connectivity index (χ2v) is 4.03. The Morgan fingerprint density at radius 3 is 2.68 bits per heavy atom. The van der Waals surface area contributed by atoms with Crippen LogP contribution < -0.4 is 20.1 Å². The molecule has 1 aromatic rings. The minimum atomic E-state index is -0.207. The van der Waals surface area contributed by atoms with Crippen LogP contribution in [0, 0.1) is 0 Å². The molecule has 1 rings (SSSR count). The van der Waals surface area contributed by atoms with E-state index in [2.05, 4.69) is 17.6 Å². The molecule has 0 bridgehead atoms. The van der Waals surface area contributed by atoms with Crippen LogP contribution in [-0.4, -0.2) is 26.3 Å². The van der Waals surface area contributed by atoms with Crippen LogP contribution in [-0.2, 0) is 0 Å². The number of hydrogen-bond donors (Lipinski definition) is 2. The monoisotopic (exact) mass is 266 g/mol. The molecule has 0 fully saturated rings. The number of ether oxygens (including phenoxy) is 2. The molecule has 0 aliphatic heterocycles. The summed E-state index contributed by atoms with van der Waals surface area (Å²) in [6, 6.07) is 5.09. The number of amides is 2. The van der Waals surface area contributed by atoms with E-state index in [1.807, 2.05) is 6.92 Å².